The van der Waals surface area contributed by atoms with Gasteiger partial charge in [0.1, 0.15) is 24.7 Å². The zero-order valence-corrected chi connectivity index (χ0v) is 23.2. The maximum absolute atomic E-state index is 13.9. The lowest BCUT2D eigenvalue weighted by Crippen LogP contribution is -2.36. The summed E-state index contributed by atoms with van der Waals surface area (Å²) in [5.74, 6) is -0.516. The molecule has 3 aromatic rings. The van der Waals surface area contributed by atoms with Gasteiger partial charge in [-0.2, -0.15) is 0 Å². The van der Waals surface area contributed by atoms with Crippen LogP contribution in [0.4, 0.5) is 14.9 Å². The first-order valence-corrected chi connectivity index (χ1v) is 13.4. The molecule has 1 aliphatic heterocycles. The van der Waals surface area contributed by atoms with Gasteiger partial charge in [0.15, 0.2) is 5.75 Å². The molecule has 1 aliphatic rings. The minimum Gasteiger partial charge on any atom is -0.494 e. The van der Waals surface area contributed by atoms with Crippen LogP contribution in [0.3, 0.4) is 0 Å². The first-order chi connectivity index (χ1) is 18.2. The van der Waals surface area contributed by atoms with Gasteiger partial charge in [-0.05, 0) is 88.7 Å². The van der Waals surface area contributed by atoms with E-state index in [0.29, 0.717) is 39.4 Å². The maximum Gasteiger partial charge on any atom is 0.294 e. The fourth-order valence-corrected chi connectivity index (χ4v) is 5.33. The summed E-state index contributed by atoms with van der Waals surface area (Å²) in [6, 6.07) is 16.2. The number of amides is 3. The zero-order valence-electron chi connectivity index (χ0n) is 20.0. The summed E-state index contributed by atoms with van der Waals surface area (Å²) in [5.41, 5.74) is 1.42. The number of ether oxygens (including phenoxy) is 2. The molecule has 0 unspecified atom stereocenters. The molecule has 0 aliphatic carbocycles. The number of nitrogens with zero attached hydrogens (tertiary/aromatic N) is 1. The van der Waals surface area contributed by atoms with E-state index in [-0.39, 0.29) is 22.4 Å². The van der Waals surface area contributed by atoms with E-state index in [1.807, 2.05) is 6.92 Å². The van der Waals surface area contributed by atoms with Crippen molar-refractivity contribution >= 4 is 68.1 Å². The molecule has 7 nitrogen and oxygen atoms in total. The van der Waals surface area contributed by atoms with Gasteiger partial charge in [-0.3, -0.25) is 19.3 Å². The van der Waals surface area contributed by atoms with Crippen molar-refractivity contribution in [3.8, 4) is 11.5 Å². The van der Waals surface area contributed by atoms with E-state index < -0.39 is 23.6 Å². The number of carbonyl (C=O) groups excluding carboxylic acids is 3. The lowest BCUT2D eigenvalue weighted by Gasteiger charge is -2.13. The van der Waals surface area contributed by atoms with Gasteiger partial charge in [-0.15, -0.1) is 0 Å². The normalized spacial score (nSPS) is 14.2. The van der Waals surface area contributed by atoms with Crippen LogP contribution in [0, 0.1) is 5.82 Å². The lowest BCUT2D eigenvalue weighted by atomic mass is 10.2. The number of rotatable bonds is 9. The Morgan fingerprint density at radius 3 is 2.55 bits per heavy atom. The van der Waals surface area contributed by atoms with E-state index in [1.54, 1.807) is 54.6 Å². The van der Waals surface area contributed by atoms with Crippen LogP contribution in [0.25, 0.3) is 6.08 Å². The van der Waals surface area contributed by atoms with Crippen LogP contribution in [-0.4, -0.2) is 35.1 Å². The average molecular weight is 620 g/mol. The Bertz CT molecular complexity index is 1390. The number of thioether (sulfide) groups is 1. The third kappa shape index (κ3) is 6.75. The van der Waals surface area contributed by atoms with Gasteiger partial charge in [0, 0.05) is 11.3 Å². The monoisotopic (exact) mass is 618 g/mol. The summed E-state index contributed by atoms with van der Waals surface area (Å²) in [6.07, 6.45) is 1.51. The highest BCUT2D eigenvalue weighted by molar-refractivity contribution is 9.10. The summed E-state index contributed by atoms with van der Waals surface area (Å²) in [4.78, 5) is 38.8. The van der Waals surface area contributed by atoms with Crippen molar-refractivity contribution in [2.45, 2.75) is 13.5 Å². The number of hydrogen-bond donors (Lipinski definition) is 1. The first-order valence-electron chi connectivity index (χ1n) is 11.4. The molecule has 0 aromatic heterocycles. The fourth-order valence-electron chi connectivity index (χ4n) is 3.50. The van der Waals surface area contributed by atoms with E-state index in [0.717, 1.165) is 16.7 Å². The molecule has 0 radical (unpaired) electrons. The van der Waals surface area contributed by atoms with E-state index >= 15 is 0 Å². The van der Waals surface area contributed by atoms with Crippen LogP contribution in [0.1, 0.15) is 18.1 Å². The van der Waals surface area contributed by atoms with E-state index in [4.69, 9.17) is 21.1 Å². The van der Waals surface area contributed by atoms with Crippen LogP contribution < -0.4 is 14.8 Å². The molecule has 38 heavy (non-hydrogen) atoms. The molecule has 196 valence electrons. The predicted octanol–water partition coefficient (Wildman–Crippen LogP) is 6.89. The number of hydrogen-bond acceptors (Lipinski definition) is 6. The van der Waals surface area contributed by atoms with Gasteiger partial charge in [0.25, 0.3) is 11.1 Å². The third-order valence-electron chi connectivity index (χ3n) is 5.27. The van der Waals surface area contributed by atoms with Crippen LogP contribution in [-0.2, 0) is 16.2 Å². The van der Waals surface area contributed by atoms with Gasteiger partial charge >= 0.3 is 0 Å². The zero-order chi connectivity index (χ0) is 27.2. The third-order valence-corrected chi connectivity index (χ3v) is 7.05. The van der Waals surface area contributed by atoms with Crippen molar-refractivity contribution in [1.29, 1.82) is 0 Å². The highest BCUT2D eigenvalue weighted by Crippen LogP contribution is 2.38. The molecule has 0 spiro atoms. The van der Waals surface area contributed by atoms with Crippen LogP contribution in [0.5, 0.6) is 11.5 Å². The Morgan fingerprint density at radius 2 is 1.87 bits per heavy atom. The largest absolute Gasteiger partial charge is 0.494 e. The summed E-state index contributed by atoms with van der Waals surface area (Å²) in [5, 5.41) is 2.34. The number of nitrogens with one attached hydrogen (secondary N) is 1. The average Bonchev–Trinajstić information content (AvgIpc) is 3.13. The smallest absolute Gasteiger partial charge is 0.294 e. The predicted molar refractivity (Wildman–Crippen MR) is 149 cm³/mol. The van der Waals surface area contributed by atoms with Crippen molar-refractivity contribution in [3.63, 3.8) is 0 Å². The number of anilines is 1. The Labute approximate surface area is 236 Å². The molecule has 0 bridgehead atoms. The Kier molecular flexibility index (Phi) is 9.09. The van der Waals surface area contributed by atoms with Crippen LogP contribution in [0.15, 0.2) is 70.0 Å². The standard InChI is InChI=1S/C27H21BrClFN2O5S/c1-2-36-19-9-7-18(8-10-19)31-24(33)14-32-26(34)23(38-27(32)35)13-16-11-20(28)25(21(29)12-16)37-15-17-5-3-4-6-22(17)30/h3-13H,2,14-15H2,1H3,(H,31,33)/b23-13+. The minimum atomic E-state index is -0.589. The molecule has 1 heterocycles. The molecular formula is C27H21BrClFN2O5S. The molecule has 1 saturated heterocycles. The summed E-state index contributed by atoms with van der Waals surface area (Å²) >= 11 is 10.5. The van der Waals surface area contributed by atoms with Crippen LogP contribution in [0.2, 0.25) is 5.02 Å². The Balaban J connectivity index is 1.41. The van der Waals surface area contributed by atoms with Crippen molar-refractivity contribution in [1.82, 2.24) is 4.90 Å². The number of benzene rings is 3. The summed E-state index contributed by atoms with van der Waals surface area (Å²) < 4.78 is 25.4. The molecule has 3 aromatic carbocycles. The fraction of sp³-hybridized carbons (Fsp3) is 0.148. The molecule has 11 heteroatoms. The summed E-state index contributed by atoms with van der Waals surface area (Å²) in [7, 11) is 0. The second-order valence-electron chi connectivity index (χ2n) is 7.97. The van der Waals surface area contributed by atoms with Crippen molar-refractivity contribution in [3.05, 3.63) is 92.0 Å². The van der Waals surface area contributed by atoms with E-state index in [2.05, 4.69) is 21.2 Å². The Hall–Kier alpha value is -3.34. The minimum absolute atomic E-state index is 0.0258. The maximum atomic E-state index is 13.9. The van der Waals surface area contributed by atoms with E-state index in [1.165, 1.54) is 12.1 Å². The topological polar surface area (TPSA) is 84.9 Å². The molecule has 1 N–H and O–H groups in total. The van der Waals surface area contributed by atoms with Gasteiger partial charge in [-0.1, -0.05) is 29.8 Å². The molecule has 4 rings (SSSR count). The Morgan fingerprint density at radius 1 is 1.13 bits per heavy atom. The second-order valence-corrected chi connectivity index (χ2v) is 10.2. The van der Waals surface area contributed by atoms with Gasteiger partial charge < -0.3 is 14.8 Å². The molecule has 3 amide bonds. The van der Waals surface area contributed by atoms with Crippen LogP contribution >= 0.6 is 39.3 Å². The number of imide groups is 1. The van der Waals surface area contributed by atoms with Gasteiger partial charge in [0.05, 0.1) is 21.0 Å². The van der Waals surface area contributed by atoms with Crippen molar-refractivity contribution in [2.75, 3.05) is 18.5 Å². The second kappa shape index (κ2) is 12.5. The van der Waals surface area contributed by atoms with Gasteiger partial charge in [-0.25, -0.2) is 4.39 Å². The highest BCUT2D eigenvalue weighted by Gasteiger charge is 2.36. The number of carbonyl (C=O) groups is 3. The summed E-state index contributed by atoms with van der Waals surface area (Å²) in [6.45, 7) is 1.94. The van der Waals surface area contributed by atoms with Crippen molar-refractivity contribution < 1.29 is 28.2 Å². The van der Waals surface area contributed by atoms with E-state index in [9.17, 15) is 18.8 Å². The molecule has 1 fully saturated rings. The first kappa shape index (κ1) is 27.7. The SMILES string of the molecule is CCOc1ccc(NC(=O)CN2C(=O)S/C(=C/c3cc(Cl)c(OCc4ccccc4F)c(Br)c3)C2=O)cc1. The lowest BCUT2D eigenvalue weighted by molar-refractivity contribution is -0.127. The number of halogens is 3. The van der Waals surface area contributed by atoms with Gasteiger partial charge in [0.2, 0.25) is 5.91 Å². The molecule has 0 saturated carbocycles. The molecule has 0 atom stereocenters. The highest BCUT2D eigenvalue weighted by atomic mass is 79.9. The van der Waals surface area contributed by atoms with Crippen molar-refractivity contribution in [2.24, 2.45) is 0 Å². The molecular weight excluding hydrogens is 599 g/mol. The quantitative estimate of drug-likeness (QED) is 0.263.